The maximum Gasteiger partial charge on any atom is 0.257 e. The highest BCUT2D eigenvalue weighted by atomic mass is 16.5. The summed E-state index contributed by atoms with van der Waals surface area (Å²) in [5.41, 5.74) is 1.97. The molecule has 2 saturated heterocycles. The molecule has 0 unspecified atom stereocenters. The van der Waals surface area contributed by atoms with Crippen molar-refractivity contribution in [1.82, 2.24) is 9.80 Å². The standard InChI is InChI=1S/C20H24N2O3/c23-20(17-6-9-25-15-17)21-13-19(14-21)22(18-7-10-24-11-8-18)12-16-4-2-1-3-5-16/h1-6,9,15,18-19H,7-8,10-14H2. The minimum absolute atomic E-state index is 0.0663. The number of furan rings is 1. The fourth-order valence-corrected chi connectivity index (χ4v) is 3.77. The lowest BCUT2D eigenvalue weighted by molar-refractivity contribution is -0.0289. The quantitative estimate of drug-likeness (QED) is 0.840. The third kappa shape index (κ3) is 3.62. The topological polar surface area (TPSA) is 45.9 Å². The number of nitrogens with zero attached hydrogens (tertiary/aromatic N) is 2. The summed E-state index contributed by atoms with van der Waals surface area (Å²) in [6, 6.07) is 13.3. The van der Waals surface area contributed by atoms with E-state index < -0.39 is 0 Å². The van der Waals surface area contributed by atoms with E-state index in [1.165, 1.54) is 11.8 Å². The Bertz CT molecular complexity index is 674. The maximum absolute atomic E-state index is 12.4. The van der Waals surface area contributed by atoms with Gasteiger partial charge in [-0.2, -0.15) is 0 Å². The van der Waals surface area contributed by atoms with Gasteiger partial charge in [0.1, 0.15) is 6.26 Å². The highest BCUT2D eigenvalue weighted by Gasteiger charge is 2.38. The second-order valence-corrected chi connectivity index (χ2v) is 6.88. The molecule has 0 atom stereocenters. The van der Waals surface area contributed by atoms with Gasteiger partial charge >= 0.3 is 0 Å². The zero-order chi connectivity index (χ0) is 17.1. The zero-order valence-corrected chi connectivity index (χ0v) is 14.3. The molecule has 0 spiro atoms. The Labute approximate surface area is 148 Å². The Morgan fingerprint density at radius 2 is 1.84 bits per heavy atom. The first-order chi connectivity index (χ1) is 12.3. The number of carbonyl (C=O) groups excluding carboxylic acids is 1. The average Bonchev–Trinajstić information content (AvgIpc) is 3.16. The molecule has 2 aliphatic rings. The zero-order valence-electron chi connectivity index (χ0n) is 14.3. The largest absolute Gasteiger partial charge is 0.472 e. The number of hydrogen-bond acceptors (Lipinski definition) is 4. The van der Waals surface area contributed by atoms with Crippen LogP contribution in [-0.2, 0) is 11.3 Å². The number of amides is 1. The smallest absolute Gasteiger partial charge is 0.257 e. The van der Waals surface area contributed by atoms with Crippen molar-refractivity contribution in [3.8, 4) is 0 Å². The maximum atomic E-state index is 12.4. The molecule has 1 aromatic heterocycles. The molecular formula is C20H24N2O3. The van der Waals surface area contributed by atoms with Gasteiger partial charge in [-0.1, -0.05) is 30.3 Å². The van der Waals surface area contributed by atoms with Crippen molar-refractivity contribution in [2.45, 2.75) is 31.5 Å². The molecule has 2 aliphatic heterocycles. The lowest BCUT2D eigenvalue weighted by Crippen LogP contribution is -2.63. The average molecular weight is 340 g/mol. The Morgan fingerprint density at radius 1 is 1.08 bits per heavy atom. The van der Waals surface area contributed by atoms with E-state index in [1.54, 1.807) is 12.3 Å². The monoisotopic (exact) mass is 340 g/mol. The van der Waals surface area contributed by atoms with Crippen LogP contribution in [0, 0.1) is 0 Å². The van der Waals surface area contributed by atoms with Crippen LogP contribution in [0.3, 0.4) is 0 Å². The molecule has 0 N–H and O–H groups in total. The molecule has 0 radical (unpaired) electrons. The summed E-state index contributed by atoms with van der Waals surface area (Å²) in [5.74, 6) is 0.0663. The van der Waals surface area contributed by atoms with Crippen LogP contribution in [0.5, 0.6) is 0 Å². The molecule has 5 nitrogen and oxygen atoms in total. The number of benzene rings is 1. The minimum atomic E-state index is 0.0663. The summed E-state index contributed by atoms with van der Waals surface area (Å²) in [4.78, 5) is 16.9. The van der Waals surface area contributed by atoms with E-state index in [4.69, 9.17) is 9.15 Å². The number of likely N-dealkylation sites (tertiary alicyclic amines) is 1. The summed E-state index contributed by atoms with van der Waals surface area (Å²) in [7, 11) is 0. The van der Waals surface area contributed by atoms with E-state index >= 15 is 0 Å². The van der Waals surface area contributed by atoms with Crippen LogP contribution in [-0.4, -0.2) is 54.1 Å². The fourth-order valence-electron chi connectivity index (χ4n) is 3.77. The van der Waals surface area contributed by atoms with Gasteiger partial charge in [0.05, 0.1) is 11.8 Å². The SMILES string of the molecule is O=C(c1ccoc1)N1CC(N(Cc2ccccc2)C2CCOCC2)C1. The van der Waals surface area contributed by atoms with Crippen molar-refractivity contribution < 1.29 is 13.9 Å². The molecule has 5 heteroatoms. The summed E-state index contributed by atoms with van der Waals surface area (Å²) < 4.78 is 10.6. The van der Waals surface area contributed by atoms with Gasteiger partial charge in [0, 0.05) is 44.9 Å². The van der Waals surface area contributed by atoms with Crippen LogP contribution < -0.4 is 0 Å². The highest BCUT2D eigenvalue weighted by molar-refractivity contribution is 5.94. The third-order valence-electron chi connectivity index (χ3n) is 5.25. The van der Waals surface area contributed by atoms with Crippen molar-refractivity contribution in [2.75, 3.05) is 26.3 Å². The molecule has 0 aliphatic carbocycles. The van der Waals surface area contributed by atoms with Crippen LogP contribution in [0.25, 0.3) is 0 Å². The number of rotatable bonds is 5. The second kappa shape index (κ2) is 7.42. The van der Waals surface area contributed by atoms with Crippen molar-refractivity contribution in [2.24, 2.45) is 0 Å². The number of ether oxygens (including phenoxy) is 1. The van der Waals surface area contributed by atoms with Gasteiger partial charge in [-0.25, -0.2) is 0 Å². The van der Waals surface area contributed by atoms with Gasteiger partial charge in [-0.15, -0.1) is 0 Å². The predicted octanol–water partition coefficient (Wildman–Crippen LogP) is 2.79. The first kappa shape index (κ1) is 16.4. The second-order valence-electron chi connectivity index (χ2n) is 6.88. The fraction of sp³-hybridized carbons (Fsp3) is 0.450. The molecule has 0 saturated carbocycles. The molecule has 132 valence electrons. The van der Waals surface area contributed by atoms with Crippen LogP contribution in [0.2, 0.25) is 0 Å². The molecule has 25 heavy (non-hydrogen) atoms. The van der Waals surface area contributed by atoms with Crippen molar-refractivity contribution in [3.05, 3.63) is 60.1 Å². The van der Waals surface area contributed by atoms with E-state index in [0.717, 1.165) is 45.7 Å². The van der Waals surface area contributed by atoms with Gasteiger partial charge in [0.25, 0.3) is 5.91 Å². The van der Waals surface area contributed by atoms with Gasteiger partial charge < -0.3 is 14.1 Å². The lowest BCUT2D eigenvalue weighted by atomic mass is 9.98. The van der Waals surface area contributed by atoms with E-state index in [9.17, 15) is 4.79 Å². The minimum Gasteiger partial charge on any atom is -0.472 e. The molecule has 4 rings (SSSR count). The van der Waals surface area contributed by atoms with Crippen LogP contribution >= 0.6 is 0 Å². The first-order valence-electron chi connectivity index (χ1n) is 9.00. The third-order valence-corrected chi connectivity index (χ3v) is 5.25. The van der Waals surface area contributed by atoms with E-state index in [0.29, 0.717) is 17.6 Å². The Balaban J connectivity index is 1.43. The Kier molecular flexibility index (Phi) is 4.85. The summed E-state index contributed by atoms with van der Waals surface area (Å²) in [6.45, 7) is 4.17. The van der Waals surface area contributed by atoms with Crippen LogP contribution in [0.15, 0.2) is 53.3 Å². The molecule has 2 fully saturated rings. The van der Waals surface area contributed by atoms with E-state index in [-0.39, 0.29) is 5.91 Å². The molecule has 2 aromatic rings. The molecule has 1 amide bonds. The first-order valence-corrected chi connectivity index (χ1v) is 9.00. The van der Waals surface area contributed by atoms with Crippen molar-refractivity contribution in [1.29, 1.82) is 0 Å². The predicted molar refractivity (Wildman–Crippen MR) is 94.2 cm³/mol. The van der Waals surface area contributed by atoms with E-state index in [1.807, 2.05) is 4.90 Å². The van der Waals surface area contributed by atoms with Gasteiger partial charge in [0.15, 0.2) is 0 Å². The van der Waals surface area contributed by atoms with Gasteiger partial charge in [-0.3, -0.25) is 9.69 Å². The Hall–Kier alpha value is -2.11. The number of carbonyl (C=O) groups is 1. The molecule has 1 aromatic carbocycles. The van der Waals surface area contributed by atoms with Crippen molar-refractivity contribution >= 4 is 5.91 Å². The Morgan fingerprint density at radius 3 is 2.52 bits per heavy atom. The van der Waals surface area contributed by atoms with Gasteiger partial charge in [0.2, 0.25) is 0 Å². The normalized spacial score (nSPS) is 19.2. The highest BCUT2D eigenvalue weighted by Crippen LogP contribution is 2.26. The molecule has 0 bridgehead atoms. The van der Waals surface area contributed by atoms with Gasteiger partial charge in [-0.05, 0) is 24.5 Å². The van der Waals surface area contributed by atoms with E-state index in [2.05, 4.69) is 35.2 Å². The summed E-state index contributed by atoms with van der Waals surface area (Å²) in [5, 5.41) is 0. The van der Waals surface area contributed by atoms with Crippen molar-refractivity contribution in [3.63, 3.8) is 0 Å². The molecule has 3 heterocycles. The lowest BCUT2D eigenvalue weighted by Gasteiger charge is -2.49. The summed E-state index contributed by atoms with van der Waals surface area (Å²) >= 11 is 0. The molecular weight excluding hydrogens is 316 g/mol. The van der Waals surface area contributed by atoms with Crippen LogP contribution in [0.4, 0.5) is 0 Å². The number of hydrogen-bond donors (Lipinski definition) is 0. The summed E-state index contributed by atoms with van der Waals surface area (Å²) in [6.07, 6.45) is 5.21. The van der Waals surface area contributed by atoms with Crippen LogP contribution in [0.1, 0.15) is 28.8 Å².